The number of allylic oxidation sites excluding steroid dienone is 3. The first-order valence-corrected chi connectivity index (χ1v) is 7.88. The molecule has 3 nitrogen and oxygen atoms in total. The van der Waals surface area contributed by atoms with Gasteiger partial charge in [-0.1, -0.05) is 34.8 Å². The van der Waals surface area contributed by atoms with Crippen LogP contribution in [0.2, 0.25) is 5.02 Å². The van der Waals surface area contributed by atoms with Gasteiger partial charge in [-0.05, 0) is 38.1 Å². The second-order valence-electron chi connectivity index (χ2n) is 4.04. The molecule has 1 heterocycles. The maximum atomic E-state index is 12.4. The summed E-state index contributed by atoms with van der Waals surface area (Å²) in [5.74, 6) is 0. The highest BCUT2D eigenvalue weighted by atomic mass is 35.5. The van der Waals surface area contributed by atoms with E-state index in [1.54, 1.807) is 38.1 Å². The van der Waals surface area contributed by atoms with Crippen LogP contribution in [0.15, 0.2) is 44.9 Å². The van der Waals surface area contributed by atoms with Gasteiger partial charge in [0, 0.05) is 10.6 Å². The van der Waals surface area contributed by atoms with Crippen LogP contribution < -0.4 is 4.31 Å². The molecule has 1 aliphatic rings. The molecule has 0 saturated carbocycles. The Morgan fingerprint density at radius 2 is 1.53 bits per heavy atom. The van der Waals surface area contributed by atoms with Crippen molar-refractivity contribution in [2.24, 2.45) is 0 Å². The lowest BCUT2D eigenvalue weighted by molar-refractivity contribution is 0.601. The number of rotatable bonds is 1. The van der Waals surface area contributed by atoms with E-state index in [9.17, 15) is 8.42 Å². The molecule has 0 atom stereocenters. The topological polar surface area (TPSA) is 37.4 Å². The number of benzene rings is 1. The minimum absolute atomic E-state index is 0.266. The van der Waals surface area contributed by atoms with Gasteiger partial charge >= 0.3 is 0 Å². The van der Waals surface area contributed by atoms with Crippen LogP contribution in [0.4, 0.5) is 5.69 Å². The lowest BCUT2D eigenvalue weighted by Gasteiger charge is -2.30. The van der Waals surface area contributed by atoms with Crippen molar-refractivity contribution in [3.8, 4) is 0 Å². The molecule has 0 unspecified atom stereocenters. The van der Waals surface area contributed by atoms with Gasteiger partial charge in [0.15, 0.2) is 4.36 Å². The Balaban J connectivity index is 2.67. The van der Waals surface area contributed by atoms with Crippen molar-refractivity contribution >= 4 is 50.5 Å². The van der Waals surface area contributed by atoms with E-state index in [0.717, 1.165) is 4.31 Å². The maximum Gasteiger partial charge on any atom is 0.279 e. The third-order valence-corrected chi connectivity index (χ3v) is 6.18. The van der Waals surface area contributed by atoms with Crippen LogP contribution in [-0.2, 0) is 10.0 Å². The van der Waals surface area contributed by atoms with Crippen molar-refractivity contribution in [1.29, 1.82) is 0 Å². The Morgan fingerprint density at radius 1 is 1.00 bits per heavy atom. The first kappa shape index (κ1) is 14.7. The van der Waals surface area contributed by atoms with Gasteiger partial charge in [0.1, 0.15) is 0 Å². The van der Waals surface area contributed by atoms with Gasteiger partial charge in [-0.15, -0.1) is 0 Å². The van der Waals surface area contributed by atoms with Crippen LogP contribution in [0, 0.1) is 0 Å². The SMILES string of the molecule is CC1=C(Cl)S(=O)(=O)N(c2ccc(Cl)cc2)C(C)=C1Cl. The molecule has 1 aromatic rings. The van der Waals surface area contributed by atoms with Crippen LogP contribution in [-0.4, -0.2) is 8.42 Å². The molecule has 0 aromatic heterocycles. The van der Waals surface area contributed by atoms with E-state index in [1.165, 1.54) is 0 Å². The van der Waals surface area contributed by atoms with Gasteiger partial charge in [0.2, 0.25) is 0 Å². The first-order chi connectivity index (χ1) is 8.76. The van der Waals surface area contributed by atoms with E-state index in [-0.39, 0.29) is 4.36 Å². The monoisotopic (exact) mass is 337 g/mol. The van der Waals surface area contributed by atoms with Crippen molar-refractivity contribution in [2.75, 3.05) is 4.31 Å². The summed E-state index contributed by atoms with van der Waals surface area (Å²) in [6.45, 7) is 3.20. The van der Waals surface area contributed by atoms with E-state index in [1.807, 2.05) is 0 Å². The molecule has 0 fully saturated rings. The van der Waals surface area contributed by atoms with E-state index in [2.05, 4.69) is 0 Å². The van der Waals surface area contributed by atoms with E-state index in [4.69, 9.17) is 34.8 Å². The predicted octanol–water partition coefficient (Wildman–Crippen LogP) is 4.43. The second-order valence-corrected chi connectivity index (χ2v) is 7.18. The van der Waals surface area contributed by atoms with Crippen molar-refractivity contribution in [3.63, 3.8) is 0 Å². The minimum Gasteiger partial charge on any atom is -0.237 e. The summed E-state index contributed by atoms with van der Waals surface area (Å²) in [5, 5.41) is 0.846. The third-order valence-electron chi connectivity index (χ3n) is 2.77. The summed E-state index contributed by atoms with van der Waals surface area (Å²) < 4.78 is 25.6. The predicted molar refractivity (Wildman–Crippen MR) is 80.0 cm³/mol. The van der Waals surface area contributed by atoms with Crippen LogP contribution >= 0.6 is 34.8 Å². The molecule has 0 bridgehead atoms. The average molecular weight is 339 g/mol. The van der Waals surface area contributed by atoms with Gasteiger partial charge in [-0.3, -0.25) is 0 Å². The summed E-state index contributed by atoms with van der Waals surface area (Å²) in [4.78, 5) is 0. The Labute approximate surface area is 127 Å². The quantitative estimate of drug-likeness (QED) is 0.759. The van der Waals surface area contributed by atoms with Crippen LogP contribution in [0.3, 0.4) is 0 Å². The Morgan fingerprint density at radius 3 is 2.05 bits per heavy atom. The van der Waals surface area contributed by atoms with Gasteiger partial charge in [-0.25, -0.2) is 4.31 Å². The zero-order chi connectivity index (χ0) is 14.4. The van der Waals surface area contributed by atoms with Gasteiger partial charge in [-0.2, -0.15) is 8.42 Å². The fourth-order valence-electron chi connectivity index (χ4n) is 1.81. The molecular weight excluding hydrogens is 329 g/mol. The molecule has 7 heteroatoms. The fraction of sp³-hybridized carbons (Fsp3) is 0.167. The van der Waals surface area contributed by atoms with E-state index in [0.29, 0.717) is 27.0 Å². The smallest absolute Gasteiger partial charge is 0.237 e. The lowest BCUT2D eigenvalue weighted by Crippen LogP contribution is -2.33. The van der Waals surface area contributed by atoms with Crippen LogP contribution in [0.25, 0.3) is 0 Å². The molecule has 0 amide bonds. The zero-order valence-electron chi connectivity index (χ0n) is 10.1. The van der Waals surface area contributed by atoms with Crippen LogP contribution in [0.1, 0.15) is 13.8 Å². The number of sulfonamides is 1. The molecule has 0 N–H and O–H groups in total. The Bertz CT molecular complexity index is 690. The number of hydrogen-bond acceptors (Lipinski definition) is 2. The number of anilines is 1. The highest BCUT2D eigenvalue weighted by Crippen LogP contribution is 2.40. The molecule has 102 valence electrons. The Hall–Kier alpha value is -0.680. The number of hydrogen-bond donors (Lipinski definition) is 0. The van der Waals surface area contributed by atoms with E-state index >= 15 is 0 Å². The Kier molecular flexibility index (Phi) is 3.89. The van der Waals surface area contributed by atoms with Gasteiger partial charge < -0.3 is 0 Å². The first-order valence-electron chi connectivity index (χ1n) is 5.31. The second kappa shape index (κ2) is 5.02. The number of halogens is 3. The highest BCUT2D eigenvalue weighted by Gasteiger charge is 2.35. The lowest BCUT2D eigenvalue weighted by atomic mass is 10.2. The van der Waals surface area contributed by atoms with Crippen molar-refractivity contribution < 1.29 is 8.42 Å². The van der Waals surface area contributed by atoms with Crippen LogP contribution in [0.5, 0.6) is 0 Å². The molecular formula is C12H10Cl3NO2S. The van der Waals surface area contributed by atoms with Crippen molar-refractivity contribution in [3.05, 3.63) is 50.0 Å². The van der Waals surface area contributed by atoms with Gasteiger partial charge in [0.05, 0.1) is 16.4 Å². The minimum atomic E-state index is -3.81. The fourth-order valence-corrected chi connectivity index (χ4v) is 4.07. The maximum absolute atomic E-state index is 12.4. The molecule has 0 aliphatic carbocycles. The molecule has 0 saturated heterocycles. The molecule has 0 spiro atoms. The summed E-state index contributed by atoms with van der Waals surface area (Å²) in [6, 6.07) is 6.40. The highest BCUT2D eigenvalue weighted by molar-refractivity contribution is 7.98. The largest absolute Gasteiger partial charge is 0.279 e. The van der Waals surface area contributed by atoms with E-state index < -0.39 is 10.0 Å². The average Bonchev–Trinajstić information content (AvgIpc) is 2.37. The third kappa shape index (κ3) is 2.38. The summed E-state index contributed by atoms with van der Waals surface area (Å²) in [7, 11) is -3.81. The zero-order valence-corrected chi connectivity index (χ0v) is 13.2. The normalized spacial score (nSPS) is 19.1. The molecule has 1 aromatic carbocycles. The summed E-state index contributed by atoms with van der Waals surface area (Å²) >= 11 is 17.8. The molecule has 1 aliphatic heterocycles. The molecule has 19 heavy (non-hydrogen) atoms. The summed E-state index contributed by atoms with van der Waals surface area (Å²) in [5.41, 5.74) is 1.20. The molecule has 0 radical (unpaired) electrons. The number of nitrogens with zero attached hydrogens (tertiary/aromatic N) is 1. The standard InChI is InChI=1S/C12H10Cl3NO2S/c1-7-11(14)8(2)16(19(17,18)12(7)15)10-5-3-9(13)4-6-10/h3-6H,1-2H3. The van der Waals surface area contributed by atoms with Crippen molar-refractivity contribution in [2.45, 2.75) is 13.8 Å². The molecule has 2 rings (SSSR count). The van der Waals surface area contributed by atoms with Gasteiger partial charge in [0.25, 0.3) is 10.0 Å². The summed E-state index contributed by atoms with van der Waals surface area (Å²) in [6.07, 6.45) is 0. The van der Waals surface area contributed by atoms with Crippen molar-refractivity contribution in [1.82, 2.24) is 0 Å².